The van der Waals surface area contributed by atoms with E-state index in [1.54, 1.807) is 77.1 Å². The molecule has 3 N–H and O–H groups in total. The number of amidine groups is 1. The molecule has 1 aliphatic rings. The van der Waals surface area contributed by atoms with Gasteiger partial charge in [-0.05, 0) is 81.3 Å². The monoisotopic (exact) mass is 796 g/mol. The molecular weight excluding hydrogens is 741 g/mol. The fraction of sp³-hybridized carbons (Fsp3) is 0.444. The van der Waals surface area contributed by atoms with Crippen molar-refractivity contribution in [3.8, 4) is 16.9 Å². The van der Waals surface area contributed by atoms with E-state index in [4.69, 9.17) is 24.4 Å². The van der Waals surface area contributed by atoms with Crippen LogP contribution in [0.3, 0.4) is 0 Å². The molecule has 4 rings (SSSR count). The van der Waals surface area contributed by atoms with Crippen LogP contribution in [-0.2, 0) is 25.4 Å². The first-order valence-corrected chi connectivity index (χ1v) is 19.8. The third-order valence-corrected chi connectivity index (χ3v) is 9.42. The zero-order chi connectivity index (χ0) is 42.6. The number of Topliss-reactive ketones (excluding diaryl/α,β-unsaturated/α-hetero) is 1. The van der Waals surface area contributed by atoms with E-state index in [0.717, 1.165) is 38.5 Å². The minimum absolute atomic E-state index is 0.0351. The Hall–Kier alpha value is -5.85. The van der Waals surface area contributed by atoms with Crippen LogP contribution in [0, 0.1) is 22.7 Å². The van der Waals surface area contributed by atoms with Gasteiger partial charge in [0.2, 0.25) is 6.29 Å². The van der Waals surface area contributed by atoms with E-state index in [1.807, 2.05) is 0 Å². The highest BCUT2D eigenvalue weighted by Gasteiger charge is 2.32. The number of carbonyl (C=O) groups excluding carboxylic acids is 5. The van der Waals surface area contributed by atoms with E-state index in [0.29, 0.717) is 34.9 Å². The second-order valence-electron chi connectivity index (χ2n) is 15.8. The van der Waals surface area contributed by atoms with E-state index in [1.165, 1.54) is 19.2 Å². The van der Waals surface area contributed by atoms with Crippen molar-refractivity contribution < 1.29 is 42.9 Å². The predicted molar refractivity (Wildman–Crippen MR) is 221 cm³/mol. The van der Waals surface area contributed by atoms with Gasteiger partial charge >= 0.3 is 18.0 Å². The summed E-state index contributed by atoms with van der Waals surface area (Å²) in [4.78, 5) is 71.1. The Morgan fingerprint density at radius 3 is 2.28 bits per heavy atom. The van der Waals surface area contributed by atoms with Gasteiger partial charge < -0.3 is 24.3 Å². The molecule has 13 nitrogen and oxygen atoms in total. The molecule has 1 aliphatic carbocycles. The van der Waals surface area contributed by atoms with Crippen molar-refractivity contribution in [2.24, 2.45) is 17.3 Å². The highest BCUT2D eigenvalue weighted by molar-refractivity contribution is 6.08. The minimum atomic E-state index is -1.28. The maximum atomic E-state index is 14.3. The number of amides is 2. The average Bonchev–Trinajstić information content (AvgIpc) is 4.03. The van der Waals surface area contributed by atoms with Crippen LogP contribution in [-0.4, -0.2) is 67.1 Å². The van der Waals surface area contributed by atoms with Crippen molar-refractivity contribution in [3.63, 3.8) is 0 Å². The van der Waals surface area contributed by atoms with Crippen LogP contribution in [0.15, 0.2) is 55.1 Å². The number of hydrogen-bond donors (Lipinski definition) is 3. The van der Waals surface area contributed by atoms with Crippen molar-refractivity contribution in [1.82, 2.24) is 15.6 Å². The molecule has 1 saturated carbocycles. The first-order valence-electron chi connectivity index (χ1n) is 19.8. The maximum absolute atomic E-state index is 14.3. The van der Waals surface area contributed by atoms with Crippen LogP contribution < -0.4 is 15.4 Å². The molecule has 310 valence electrons. The number of ketones is 1. The van der Waals surface area contributed by atoms with Crippen LogP contribution in [0.5, 0.6) is 5.75 Å². The van der Waals surface area contributed by atoms with Crippen molar-refractivity contribution in [3.05, 3.63) is 88.8 Å². The van der Waals surface area contributed by atoms with E-state index < -0.39 is 41.6 Å². The standard InChI is InChI=1S/C45H56N4O9/c1-9-11-12-13-22-56-44(54)49-39(46)31-18-16-28(17-19-31)23-36(50)34-24-30(10-2)37(55-8)25-33(34)32-20-21-35(40(51)47-26-29-14-15-29)48-38(32)41(52)57-42(27(3)4)58-43(53)45(5,6)7/h10,16-21,24-25,27,29,42H,2,9,11-15,22-23,26H2,1,3-8H3,(H,47,51)(H2,46,49,54). The SMILES string of the molecule is C=Cc1cc(C(=O)Cc2ccc(C(=N)NC(=O)OCCCCCC)cc2)c(-c2ccc(C(=O)NCC3CC3)nc2C(=O)OC(OC(=O)C(C)(C)C)C(C)C)cc1OC. The van der Waals surface area contributed by atoms with E-state index >= 15 is 0 Å². The molecule has 0 aliphatic heterocycles. The Kier molecular flexibility index (Phi) is 15.9. The summed E-state index contributed by atoms with van der Waals surface area (Å²) in [6, 6.07) is 12.8. The number of hydrogen-bond acceptors (Lipinski definition) is 11. The Morgan fingerprint density at radius 2 is 1.67 bits per heavy atom. The largest absolute Gasteiger partial charge is 0.496 e. The Balaban J connectivity index is 1.68. The number of nitrogens with zero attached hydrogens (tertiary/aromatic N) is 1. The van der Waals surface area contributed by atoms with Gasteiger partial charge in [-0.25, -0.2) is 14.6 Å². The first kappa shape index (κ1) is 44.9. The molecule has 2 amide bonds. The number of benzene rings is 2. The van der Waals surface area contributed by atoms with Gasteiger partial charge in [-0.1, -0.05) is 77.0 Å². The summed E-state index contributed by atoms with van der Waals surface area (Å²) in [6.07, 6.45) is 5.35. The summed E-state index contributed by atoms with van der Waals surface area (Å²) in [6.45, 7) is 15.2. The third-order valence-electron chi connectivity index (χ3n) is 9.42. The second kappa shape index (κ2) is 20.5. The van der Waals surface area contributed by atoms with Crippen molar-refractivity contribution in [1.29, 1.82) is 5.41 Å². The van der Waals surface area contributed by atoms with Gasteiger partial charge in [0.05, 0.1) is 19.1 Å². The number of aromatic nitrogens is 1. The lowest BCUT2D eigenvalue weighted by Crippen LogP contribution is -2.34. The number of carbonyl (C=O) groups is 5. The lowest BCUT2D eigenvalue weighted by molar-refractivity contribution is -0.184. The summed E-state index contributed by atoms with van der Waals surface area (Å²) in [5, 5.41) is 13.6. The number of esters is 2. The van der Waals surface area contributed by atoms with Crippen LogP contribution in [0.1, 0.15) is 128 Å². The zero-order valence-corrected chi connectivity index (χ0v) is 34.6. The predicted octanol–water partition coefficient (Wildman–Crippen LogP) is 8.33. The topological polar surface area (TPSA) is 183 Å². The number of alkyl carbamates (subject to hydrolysis) is 1. The number of nitrogens with one attached hydrogen (secondary N) is 3. The summed E-state index contributed by atoms with van der Waals surface area (Å²) < 4.78 is 22.2. The number of pyridine rings is 1. The summed E-state index contributed by atoms with van der Waals surface area (Å²) in [5.41, 5.74) is 1.03. The maximum Gasteiger partial charge on any atom is 0.412 e. The number of unbranched alkanes of at least 4 members (excludes halogenated alkanes) is 3. The lowest BCUT2D eigenvalue weighted by Gasteiger charge is -2.25. The van der Waals surface area contributed by atoms with E-state index in [-0.39, 0.29) is 52.7 Å². The van der Waals surface area contributed by atoms with Crippen molar-refractivity contribution in [2.45, 2.75) is 92.8 Å². The van der Waals surface area contributed by atoms with Crippen LogP contribution in [0.2, 0.25) is 0 Å². The quantitative estimate of drug-likeness (QED) is 0.0266. The number of ether oxygens (including phenoxy) is 4. The fourth-order valence-electron chi connectivity index (χ4n) is 5.71. The molecule has 3 aromatic rings. The van der Waals surface area contributed by atoms with Crippen molar-refractivity contribution in [2.75, 3.05) is 20.3 Å². The van der Waals surface area contributed by atoms with Gasteiger partial charge in [-0.2, -0.15) is 0 Å². The first-order chi connectivity index (χ1) is 27.6. The molecule has 1 heterocycles. The van der Waals surface area contributed by atoms with Crippen LogP contribution in [0.25, 0.3) is 17.2 Å². The van der Waals surface area contributed by atoms with Crippen LogP contribution in [0.4, 0.5) is 4.79 Å². The fourth-order valence-corrected chi connectivity index (χ4v) is 5.71. The average molecular weight is 797 g/mol. The normalized spacial score (nSPS) is 12.9. The molecule has 1 unspecified atom stereocenters. The molecule has 1 fully saturated rings. The van der Waals surface area contributed by atoms with E-state index in [2.05, 4.69) is 29.1 Å². The third kappa shape index (κ3) is 12.6. The van der Waals surface area contributed by atoms with Gasteiger partial charge in [0.15, 0.2) is 11.5 Å². The molecule has 0 spiro atoms. The molecule has 58 heavy (non-hydrogen) atoms. The molecule has 1 aromatic heterocycles. The summed E-state index contributed by atoms with van der Waals surface area (Å²) in [5.74, 6) is -2.18. The Bertz CT molecular complexity index is 2000. The summed E-state index contributed by atoms with van der Waals surface area (Å²) in [7, 11) is 1.46. The lowest BCUT2D eigenvalue weighted by atomic mass is 9.90. The Labute approximate surface area is 340 Å². The van der Waals surface area contributed by atoms with Gasteiger partial charge in [-0.15, -0.1) is 0 Å². The van der Waals surface area contributed by atoms with E-state index in [9.17, 15) is 24.0 Å². The van der Waals surface area contributed by atoms with Crippen molar-refractivity contribution >= 4 is 41.6 Å². The summed E-state index contributed by atoms with van der Waals surface area (Å²) >= 11 is 0. The van der Waals surface area contributed by atoms with Gasteiger partial charge in [0.1, 0.15) is 17.3 Å². The smallest absolute Gasteiger partial charge is 0.412 e. The minimum Gasteiger partial charge on any atom is -0.496 e. The second-order valence-corrected chi connectivity index (χ2v) is 15.8. The highest BCUT2D eigenvalue weighted by Crippen LogP contribution is 2.35. The Morgan fingerprint density at radius 1 is 0.966 bits per heavy atom. The highest BCUT2D eigenvalue weighted by atomic mass is 16.7. The van der Waals surface area contributed by atoms with Gasteiger partial charge in [0, 0.05) is 41.1 Å². The van der Waals surface area contributed by atoms with Gasteiger partial charge in [-0.3, -0.25) is 25.1 Å². The molecule has 1 atom stereocenters. The molecular formula is C45H56N4O9. The number of rotatable bonds is 19. The molecule has 0 bridgehead atoms. The van der Waals surface area contributed by atoms with Gasteiger partial charge in [0.25, 0.3) is 5.91 Å². The molecule has 13 heteroatoms. The number of methoxy groups -OCH3 is 1. The zero-order valence-electron chi connectivity index (χ0n) is 34.6. The van der Waals surface area contributed by atoms with Crippen LogP contribution >= 0.6 is 0 Å². The molecule has 0 saturated heterocycles. The molecule has 0 radical (unpaired) electrons. The molecule has 2 aromatic carbocycles.